The zero-order chi connectivity index (χ0) is 10.9. The average Bonchev–Trinajstić information content (AvgIpc) is 2.29. The molecule has 86 valence electrons. The third-order valence-corrected chi connectivity index (χ3v) is 3.09. The molecule has 0 saturated carbocycles. The Labute approximate surface area is 94.4 Å². The fourth-order valence-electron chi connectivity index (χ4n) is 2.16. The van der Waals surface area contributed by atoms with Crippen molar-refractivity contribution in [3.05, 3.63) is 0 Å². The van der Waals surface area contributed by atoms with Gasteiger partial charge in [0.25, 0.3) is 0 Å². The minimum atomic E-state index is 0.855. The van der Waals surface area contributed by atoms with Gasteiger partial charge in [0, 0.05) is 19.5 Å². The molecule has 1 aliphatic rings. The van der Waals surface area contributed by atoms with Crippen molar-refractivity contribution >= 4 is 0 Å². The van der Waals surface area contributed by atoms with E-state index >= 15 is 0 Å². The van der Waals surface area contributed by atoms with Crippen LogP contribution in [0.25, 0.3) is 0 Å². The minimum absolute atomic E-state index is 0.855. The molecule has 2 heteroatoms. The van der Waals surface area contributed by atoms with Crippen LogP contribution in [0.5, 0.6) is 0 Å². The summed E-state index contributed by atoms with van der Waals surface area (Å²) in [6.45, 7) is 10.1. The second kappa shape index (κ2) is 7.73. The Morgan fingerprint density at radius 2 is 2.33 bits per heavy atom. The number of hydrogen-bond donors (Lipinski definition) is 1. The molecular formula is C13H24N2. The van der Waals surface area contributed by atoms with Crippen molar-refractivity contribution in [3.63, 3.8) is 0 Å². The van der Waals surface area contributed by atoms with Gasteiger partial charge in [0.2, 0.25) is 0 Å². The molecule has 0 spiro atoms. The van der Waals surface area contributed by atoms with E-state index in [1.807, 2.05) is 6.92 Å². The van der Waals surface area contributed by atoms with E-state index in [1.165, 1.54) is 32.5 Å². The fourth-order valence-corrected chi connectivity index (χ4v) is 2.16. The monoisotopic (exact) mass is 208 g/mol. The van der Waals surface area contributed by atoms with Crippen LogP contribution in [-0.2, 0) is 0 Å². The molecule has 0 amide bonds. The van der Waals surface area contributed by atoms with E-state index in [1.54, 1.807) is 0 Å². The summed E-state index contributed by atoms with van der Waals surface area (Å²) in [5.41, 5.74) is 0. The van der Waals surface area contributed by atoms with Gasteiger partial charge >= 0.3 is 0 Å². The molecular weight excluding hydrogens is 184 g/mol. The first kappa shape index (κ1) is 12.5. The van der Waals surface area contributed by atoms with Crippen molar-refractivity contribution in [2.24, 2.45) is 5.92 Å². The largest absolute Gasteiger partial charge is 0.316 e. The zero-order valence-electron chi connectivity index (χ0n) is 10.2. The molecule has 0 aromatic rings. The quantitative estimate of drug-likeness (QED) is 0.692. The average molecular weight is 208 g/mol. The summed E-state index contributed by atoms with van der Waals surface area (Å²) in [6.07, 6.45) is 3.75. The first-order valence-corrected chi connectivity index (χ1v) is 6.19. The maximum absolute atomic E-state index is 3.48. The lowest BCUT2D eigenvalue weighted by molar-refractivity contribution is 0.220. The van der Waals surface area contributed by atoms with E-state index in [0.717, 1.165) is 25.4 Å². The van der Waals surface area contributed by atoms with Crippen LogP contribution in [-0.4, -0.2) is 37.6 Å². The van der Waals surface area contributed by atoms with E-state index in [2.05, 4.69) is 29.0 Å². The number of hydrogen-bond acceptors (Lipinski definition) is 2. The van der Waals surface area contributed by atoms with Gasteiger partial charge < -0.3 is 10.2 Å². The van der Waals surface area contributed by atoms with Gasteiger partial charge in [-0.25, -0.2) is 0 Å². The van der Waals surface area contributed by atoms with Gasteiger partial charge in [-0.3, -0.25) is 0 Å². The highest BCUT2D eigenvalue weighted by atomic mass is 15.1. The maximum Gasteiger partial charge on any atom is 0.0216 e. The molecule has 1 N–H and O–H groups in total. The summed E-state index contributed by atoms with van der Waals surface area (Å²) in [5.74, 6) is 6.96. The zero-order valence-corrected chi connectivity index (χ0v) is 10.2. The molecule has 0 aromatic carbocycles. The van der Waals surface area contributed by atoms with Gasteiger partial charge in [0.05, 0.1) is 0 Å². The molecule has 1 rings (SSSR count). The highest BCUT2D eigenvalue weighted by Crippen LogP contribution is 2.11. The van der Waals surface area contributed by atoms with Gasteiger partial charge in [-0.05, 0) is 45.3 Å². The van der Waals surface area contributed by atoms with E-state index in [0.29, 0.717) is 0 Å². The Balaban J connectivity index is 2.21. The molecule has 15 heavy (non-hydrogen) atoms. The van der Waals surface area contributed by atoms with Gasteiger partial charge in [-0.2, -0.15) is 0 Å². The lowest BCUT2D eigenvalue weighted by Gasteiger charge is -2.28. The van der Waals surface area contributed by atoms with Crippen LogP contribution in [0.4, 0.5) is 0 Å². The maximum atomic E-state index is 3.48. The molecule has 1 aliphatic heterocycles. The van der Waals surface area contributed by atoms with Gasteiger partial charge in [0.15, 0.2) is 0 Å². The predicted molar refractivity (Wildman–Crippen MR) is 65.8 cm³/mol. The Hall–Kier alpha value is -0.520. The molecule has 2 nitrogen and oxygen atoms in total. The highest BCUT2D eigenvalue weighted by molar-refractivity contribution is 4.95. The SMILES string of the molecule is CC#CCCN(CC)CC1CCCNC1. The van der Waals surface area contributed by atoms with E-state index in [-0.39, 0.29) is 0 Å². The number of nitrogens with zero attached hydrogens (tertiary/aromatic N) is 1. The van der Waals surface area contributed by atoms with E-state index in [4.69, 9.17) is 0 Å². The Kier molecular flexibility index (Phi) is 6.47. The smallest absolute Gasteiger partial charge is 0.0216 e. The molecule has 0 radical (unpaired) electrons. The molecule has 0 bridgehead atoms. The molecule has 1 saturated heterocycles. The Morgan fingerprint density at radius 3 is 2.93 bits per heavy atom. The van der Waals surface area contributed by atoms with Crippen molar-refractivity contribution in [2.45, 2.75) is 33.1 Å². The number of piperidine rings is 1. The standard InChI is InChI=1S/C13H24N2/c1-3-5-6-10-15(4-2)12-13-8-7-9-14-11-13/h13-14H,4,6-12H2,1-2H3. The summed E-state index contributed by atoms with van der Waals surface area (Å²) in [4.78, 5) is 2.53. The number of nitrogens with one attached hydrogen (secondary N) is 1. The van der Waals surface area contributed by atoms with Crippen molar-refractivity contribution in [1.29, 1.82) is 0 Å². The van der Waals surface area contributed by atoms with Crippen molar-refractivity contribution < 1.29 is 0 Å². The molecule has 1 fully saturated rings. The molecule has 1 unspecified atom stereocenters. The normalized spacial score (nSPS) is 21.1. The predicted octanol–water partition coefficient (Wildman–Crippen LogP) is 1.72. The highest BCUT2D eigenvalue weighted by Gasteiger charge is 2.15. The van der Waals surface area contributed by atoms with Crippen LogP contribution >= 0.6 is 0 Å². The first-order valence-electron chi connectivity index (χ1n) is 6.19. The number of rotatable bonds is 5. The van der Waals surface area contributed by atoms with Gasteiger partial charge in [0.1, 0.15) is 0 Å². The van der Waals surface area contributed by atoms with Crippen LogP contribution < -0.4 is 5.32 Å². The summed E-state index contributed by atoms with van der Waals surface area (Å²) in [7, 11) is 0. The van der Waals surface area contributed by atoms with Crippen LogP contribution in [0, 0.1) is 17.8 Å². The molecule has 1 heterocycles. The lowest BCUT2D eigenvalue weighted by atomic mass is 9.99. The molecule has 1 atom stereocenters. The summed E-state index contributed by atoms with van der Waals surface area (Å²) in [5, 5.41) is 3.48. The Morgan fingerprint density at radius 1 is 1.47 bits per heavy atom. The van der Waals surface area contributed by atoms with Crippen LogP contribution in [0.15, 0.2) is 0 Å². The molecule has 0 aromatic heterocycles. The minimum Gasteiger partial charge on any atom is -0.316 e. The lowest BCUT2D eigenvalue weighted by Crippen LogP contribution is -2.38. The third kappa shape index (κ3) is 5.20. The van der Waals surface area contributed by atoms with Gasteiger partial charge in [-0.1, -0.05) is 6.92 Å². The topological polar surface area (TPSA) is 15.3 Å². The van der Waals surface area contributed by atoms with Gasteiger partial charge in [-0.15, -0.1) is 11.8 Å². The van der Waals surface area contributed by atoms with Crippen LogP contribution in [0.3, 0.4) is 0 Å². The van der Waals surface area contributed by atoms with Crippen LogP contribution in [0.2, 0.25) is 0 Å². The first-order chi connectivity index (χ1) is 7.36. The third-order valence-electron chi connectivity index (χ3n) is 3.09. The van der Waals surface area contributed by atoms with Crippen molar-refractivity contribution in [3.8, 4) is 11.8 Å². The van der Waals surface area contributed by atoms with Crippen molar-refractivity contribution in [2.75, 3.05) is 32.7 Å². The van der Waals surface area contributed by atoms with Crippen molar-refractivity contribution in [1.82, 2.24) is 10.2 Å². The second-order valence-corrected chi connectivity index (χ2v) is 4.28. The van der Waals surface area contributed by atoms with E-state index < -0.39 is 0 Å². The summed E-state index contributed by atoms with van der Waals surface area (Å²) in [6, 6.07) is 0. The fraction of sp³-hybridized carbons (Fsp3) is 0.846. The van der Waals surface area contributed by atoms with Crippen LogP contribution in [0.1, 0.15) is 33.1 Å². The Bertz CT molecular complexity index is 208. The summed E-state index contributed by atoms with van der Waals surface area (Å²) < 4.78 is 0. The summed E-state index contributed by atoms with van der Waals surface area (Å²) >= 11 is 0. The second-order valence-electron chi connectivity index (χ2n) is 4.28. The van der Waals surface area contributed by atoms with E-state index in [9.17, 15) is 0 Å². The molecule has 0 aliphatic carbocycles.